The number of benzene rings is 1. The minimum Gasteiger partial charge on any atom is -0.358 e. The smallest absolute Gasteiger partial charge is 0.269 e. The lowest BCUT2D eigenvalue weighted by Gasteiger charge is -2.13. The molecule has 3 aromatic rings. The standard InChI is InChI=1S/C13H14N6O/c1-14-11-16-12(18(2)3)17-13-15-9-7-5-4-6-8(9)10(20)19(11)13/h4-7H,1-3H3,(H,14,15,16,17). The Morgan fingerprint density at radius 2 is 1.90 bits per heavy atom. The second kappa shape index (κ2) is 4.44. The van der Waals surface area contributed by atoms with Gasteiger partial charge in [-0.1, -0.05) is 12.1 Å². The van der Waals surface area contributed by atoms with Crippen LogP contribution in [0.25, 0.3) is 16.7 Å². The largest absolute Gasteiger partial charge is 0.358 e. The van der Waals surface area contributed by atoms with E-state index in [0.29, 0.717) is 28.6 Å². The number of hydrogen-bond donors (Lipinski definition) is 1. The van der Waals surface area contributed by atoms with Gasteiger partial charge in [0.15, 0.2) is 0 Å². The Labute approximate surface area is 114 Å². The van der Waals surface area contributed by atoms with Gasteiger partial charge in [0.25, 0.3) is 5.56 Å². The molecule has 0 spiro atoms. The lowest BCUT2D eigenvalue weighted by Crippen LogP contribution is -2.23. The lowest BCUT2D eigenvalue weighted by molar-refractivity contribution is 0.918. The molecule has 2 aromatic heterocycles. The fraction of sp³-hybridized carbons (Fsp3) is 0.231. The molecule has 2 heterocycles. The van der Waals surface area contributed by atoms with Crippen LogP contribution >= 0.6 is 0 Å². The van der Waals surface area contributed by atoms with Gasteiger partial charge in [-0.15, -0.1) is 0 Å². The van der Waals surface area contributed by atoms with Crippen molar-refractivity contribution >= 4 is 28.6 Å². The van der Waals surface area contributed by atoms with E-state index in [0.717, 1.165) is 0 Å². The molecule has 0 radical (unpaired) electrons. The summed E-state index contributed by atoms with van der Waals surface area (Å²) in [5.74, 6) is 1.25. The molecule has 0 fully saturated rings. The Hall–Kier alpha value is -2.70. The molecule has 0 aliphatic rings. The molecule has 0 saturated heterocycles. The first-order valence-corrected chi connectivity index (χ1v) is 6.16. The zero-order valence-electron chi connectivity index (χ0n) is 11.5. The number of nitrogens with zero attached hydrogens (tertiary/aromatic N) is 5. The van der Waals surface area contributed by atoms with E-state index in [1.807, 2.05) is 26.2 Å². The maximum atomic E-state index is 12.5. The normalized spacial score (nSPS) is 10.9. The summed E-state index contributed by atoms with van der Waals surface area (Å²) in [5.41, 5.74) is 0.447. The van der Waals surface area contributed by atoms with E-state index in [1.165, 1.54) is 4.40 Å². The average Bonchev–Trinajstić information content (AvgIpc) is 2.46. The number of aromatic nitrogens is 4. The van der Waals surface area contributed by atoms with Gasteiger partial charge in [-0.05, 0) is 12.1 Å². The molecule has 102 valence electrons. The molecule has 0 unspecified atom stereocenters. The van der Waals surface area contributed by atoms with Crippen molar-refractivity contribution in [1.29, 1.82) is 0 Å². The molecule has 0 bridgehead atoms. The van der Waals surface area contributed by atoms with Gasteiger partial charge in [-0.2, -0.15) is 9.97 Å². The van der Waals surface area contributed by atoms with Crippen molar-refractivity contribution in [1.82, 2.24) is 19.4 Å². The quantitative estimate of drug-likeness (QED) is 0.692. The van der Waals surface area contributed by atoms with Crippen LogP contribution < -0.4 is 15.8 Å². The van der Waals surface area contributed by atoms with E-state index in [2.05, 4.69) is 20.3 Å². The molecular weight excluding hydrogens is 256 g/mol. The zero-order chi connectivity index (χ0) is 14.3. The highest BCUT2D eigenvalue weighted by atomic mass is 16.1. The molecule has 3 rings (SSSR count). The summed E-state index contributed by atoms with van der Waals surface area (Å²) in [6.07, 6.45) is 0. The Balaban J connectivity index is 2.51. The molecule has 1 N–H and O–H groups in total. The average molecular weight is 270 g/mol. The van der Waals surface area contributed by atoms with Gasteiger partial charge in [0, 0.05) is 21.1 Å². The highest BCUT2D eigenvalue weighted by Crippen LogP contribution is 2.13. The fourth-order valence-electron chi connectivity index (χ4n) is 2.01. The van der Waals surface area contributed by atoms with Gasteiger partial charge < -0.3 is 10.2 Å². The Morgan fingerprint density at radius 3 is 2.60 bits per heavy atom. The van der Waals surface area contributed by atoms with Crippen LogP contribution in [0.2, 0.25) is 0 Å². The van der Waals surface area contributed by atoms with Gasteiger partial charge in [0.05, 0.1) is 10.9 Å². The summed E-state index contributed by atoms with van der Waals surface area (Å²) < 4.78 is 1.38. The summed E-state index contributed by atoms with van der Waals surface area (Å²) in [6, 6.07) is 7.20. The first-order chi connectivity index (χ1) is 9.61. The predicted octanol–water partition coefficient (Wildman–Crippen LogP) is 0.745. The van der Waals surface area contributed by atoms with E-state index < -0.39 is 0 Å². The SMILES string of the molecule is CNc1nc(N(C)C)nc2nc3ccccc3c(=O)n12. The third-order valence-electron chi connectivity index (χ3n) is 3.00. The molecule has 7 nitrogen and oxygen atoms in total. The lowest BCUT2D eigenvalue weighted by atomic mass is 10.2. The van der Waals surface area contributed by atoms with E-state index in [1.54, 1.807) is 24.1 Å². The van der Waals surface area contributed by atoms with E-state index in [-0.39, 0.29) is 5.56 Å². The van der Waals surface area contributed by atoms with E-state index in [4.69, 9.17) is 0 Å². The number of para-hydroxylation sites is 1. The summed E-state index contributed by atoms with van der Waals surface area (Å²) in [4.78, 5) is 27.4. The molecule has 0 saturated carbocycles. The topological polar surface area (TPSA) is 75.4 Å². The first-order valence-electron chi connectivity index (χ1n) is 6.16. The van der Waals surface area contributed by atoms with Crippen LogP contribution in [0, 0.1) is 0 Å². The maximum absolute atomic E-state index is 12.5. The fourth-order valence-corrected chi connectivity index (χ4v) is 2.01. The Bertz CT molecular complexity index is 854. The number of rotatable bonds is 2. The van der Waals surface area contributed by atoms with Crippen molar-refractivity contribution in [3.8, 4) is 0 Å². The van der Waals surface area contributed by atoms with E-state index >= 15 is 0 Å². The minimum absolute atomic E-state index is 0.180. The molecule has 0 aliphatic heterocycles. The van der Waals surface area contributed by atoms with Crippen molar-refractivity contribution in [3.63, 3.8) is 0 Å². The van der Waals surface area contributed by atoms with Crippen LogP contribution in [0.15, 0.2) is 29.1 Å². The van der Waals surface area contributed by atoms with Gasteiger partial charge in [0.1, 0.15) is 0 Å². The molecule has 1 aromatic carbocycles. The van der Waals surface area contributed by atoms with Crippen LogP contribution in [0.3, 0.4) is 0 Å². The minimum atomic E-state index is -0.180. The monoisotopic (exact) mass is 270 g/mol. The van der Waals surface area contributed by atoms with Gasteiger partial charge in [-0.25, -0.2) is 9.38 Å². The number of nitrogens with one attached hydrogen (secondary N) is 1. The maximum Gasteiger partial charge on any atom is 0.269 e. The van der Waals surface area contributed by atoms with Crippen LogP contribution in [0.4, 0.5) is 11.9 Å². The van der Waals surface area contributed by atoms with Crippen molar-refractivity contribution in [2.24, 2.45) is 0 Å². The molecule has 0 aliphatic carbocycles. The summed E-state index contributed by atoms with van der Waals surface area (Å²) >= 11 is 0. The second-order valence-electron chi connectivity index (χ2n) is 4.56. The van der Waals surface area contributed by atoms with Crippen molar-refractivity contribution in [2.45, 2.75) is 0 Å². The summed E-state index contributed by atoms with van der Waals surface area (Å²) in [5, 5.41) is 3.46. The molecule has 0 atom stereocenters. The zero-order valence-corrected chi connectivity index (χ0v) is 11.5. The summed E-state index contributed by atoms with van der Waals surface area (Å²) in [7, 11) is 5.39. The molecular formula is C13H14N6O. The molecule has 0 amide bonds. The van der Waals surface area contributed by atoms with Crippen molar-refractivity contribution in [3.05, 3.63) is 34.6 Å². The third-order valence-corrected chi connectivity index (χ3v) is 3.00. The van der Waals surface area contributed by atoms with Gasteiger partial charge in [0.2, 0.25) is 17.7 Å². The second-order valence-corrected chi connectivity index (χ2v) is 4.56. The van der Waals surface area contributed by atoms with Crippen LogP contribution in [0.1, 0.15) is 0 Å². The first kappa shape index (κ1) is 12.3. The number of anilines is 2. The Morgan fingerprint density at radius 1 is 1.15 bits per heavy atom. The van der Waals surface area contributed by atoms with Crippen LogP contribution in [-0.2, 0) is 0 Å². The van der Waals surface area contributed by atoms with Crippen LogP contribution in [0.5, 0.6) is 0 Å². The highest BCUT2D eigenvalue weighted by Gasteiger charge is 2.13. The predicted molar refractivity (Wildman–Crippen MR) is 78.4 cm³/mol. The number of fused-ring (bicyclic) bond motifs is 2. The van der Waals surface area contributed by atoms with Gasteiger partial charge in [-0.3, -0.25) is 4.79 Å². The Kier molecular flexibility index (Phi) is 2.74. The van der Waals surface area contributed by atoms with Crippen LogP contribution in [-0.4, -0.2) is 40.5 Å². The molecule has 7 heteroatoms. The number of hydrogen-bond acceptors (Lipinski definition) is 6. The highest BCUT2D eigenvalue weighted by molar-refractivity contribution is 5.79. The van der Waals surface area contributed by atoms with Gasteiger partial charge >= 0.3 is 0 Å². The van der Waals surface area contributed by atoms with Crippen molar-refractivity contribution < 1.29 is 0 Å². The third kappa shape index (κ3) is 1.75. The molecule has 20 heavy (non-hydrogen) atoms. The summed E-state index contributed by atoms with van der Waals surface area (Å²) in [6.45, 7) is 0. The van der Waals surface area contributed by atoms with Crippen molar-refractivity contribution in [2.75, 3.05) is 31.4 Å². The van der Waals surface area contributed by atoms with E-state index in [9.17, 15) is 4.79 Å².